The molecule has 12 rings (SSSR count). The minimum Gasteiger partial charge on any atom is -0.135 e. The van der Waals surface area contributed by atoms with E-state index in [2.05, 4.69) is 196 Å². The van der Waals surface area contributed by atoms with Gasteiger partial charge in [0.25, 0.3) is 0 Å². The van der Waals surface area contributed by atoms with Crippen LogP contribution in [0.2, 0.25) is 0 Å². The van der Waals surface area contributed by atoms with Crippen LogP contribution in [0.3, 0.4) is 0 Å². The molecular formula is C55H36S. The van der Waals surface area contributed by atoms with Gasteiger partial charge in [-0.05, 0) is 123 Å². The monoisotopic (exact) mass is 728 g/mol. The lowest BCUT2D eigenvalue weighted by Crippen LogP contribution is -2.15. The molecule has 0 N–H and O–H groups in total. The molecule has 0 radical (unpaired) electrons. The van der Waals surface area contributed by atoms with E-state index in [0.29, 0.717) is 0 Å². The van der Waals surface area contributed by atoms with Gasteiger partial charge in [0.1, 0.15) is 0 Å². The summed E-state index contributed by atoms with van der Waals surface area (Å²) in [4.78, 5) is 0. The standard InChI is InChI=1S/C55H36S/c1-55(2)49-26-14-12-20-37(49)47-31-44(45-30-46-38-21-13-15-27-50(38)56-51(46)32-48(45)54(47)55)36-28-29-43(35-19-7-6-18-34(35)36)53-41-24-10-8-22-39(41)52(33-16-4-3-5-17-33)40-23-9-11-25-42(40)53/h3-32H,1-2H3. The highest BCUT2D eigenvalue weighted by molar-refractivity contribution is 7.25. The molecule has 0 amide bonds. The number of hydrogen-bond donors (Lipinski definition) is 0. The molecule has 0 saturated carbocycles. The first-order chi connectivity index (χ1) is 27.6. The van der Waals surface area contributed by atoms with Gasteiger partial charge in [0.15, 0.2) is 0 Å². The third kappa shape index (κ3) is 4.35. The van der Waals surface area contributed by atoms with Crippen LogP contribution in [0.4, 0.5) is 0 Å². The van der Waals surface area contributed by atoms with Gasteiger partial charge in [-0.2, -0.15) is 0 Å². The van der Waals surface area contributed by atoms with Gasteiger partial charge in [-0.1, -0.05) is 172 Å². The van der Waals surface area contributed by atoms with Crippen molar-refractivity contribution in [3.63, 3.8) is 0 Å². The van der Waals surface area contributed by atoms with E-state index in [9.17, 15) is 0 Å². The molecule has 0 saturated heterocycles. The van der Waals surface area contributed by atoms with Gasteiger partial charge in [-0.3, -0.25) is 0 Å². The summed E-state index contributed by atoms with van der Waals surface area (Å²) in [5, 5.41) is 13.0. The van der Waals surface area contributed by atoms with Gasteiger partial charge in [-0.15, -0.1) is 11.3 Å². The fraction of sp³-hybridized carbons (Fsp3) is 0.0545. The Kier molecular flexibility index (Phi) is 6.66. The SMILES string of the molecule is CC1(C)c2ccccc2-c2cc(-c3ccc(-c4c5ccccc5c(-c5ccccc5)c5ccccc45)c4ccccc34)c3cc4c(cc3c21)sc1ccccc14. The molecule has 0 aliphatic heterocycles. The first-order valence-electron chi connectivity index (χ1n) is 19.6. The second-order valence-electron chi connectivity index (χ2n) is 15.9. The van der Waals surface area contributed by atoms with E-state index >= 15 is 0 Å². The zero-order valence-electron chi connectivity index (χ0n) is 31.2. The molecule has 0 unspecified atom stereocenters. The average molecular weight is 729 g/mol. The Hall–Kier alpha value is -6.54. The molecular weight excluding hydrogens is 693 g/mol. The normalized spacial score (nSPS) is 13.3. The molecule has 1 aliphatic carbocycles. The highest BCUT2D eigenvalue weighted by atomic mass is 32.1. The highest BCUT2D eigenvalue weighted by Crippen LogP contribution is 2.55. The largest absolute Gasteiger partial charge is 0.135 e. The first kappa shape index (κ1) is 31.8. The number of fused-ring (bicyclic) bond motifs is 11. The molecule has 262 valence electrons. The van der Waals surface area contributed by atoms with Gasteiger partial charge in [-0.25, -0.2) is 0 Å². The van der Waals surface area contributed by atoms with E-state index < -0.39 is 0 Å². The molecule has 0 fully saturated rings. The molecule has 0 bridgehead atoms. The van der Waals surface area contributed by atoms with Crippen molar-refractivity contribution in [2.24, 2.45) is 0 Å². The Morgan fingerprint density at radius 1 is 0.321 bits per heavy atom. The average Bonchev–Trinajstić information content (AvgIpc) is 3.72. The van der Waals surface area contributed by atoms with Crippen molar-refractivity contribution in [2.75, 3.05) is 0 Å². The maximum Gasteiger partial charge on any atom is 0.0361 e. The minimum atomic E-state index is -0.118. The van der Waals surface area contributed by atoms with Gasteiger partial charge < -0.3 is 0 Å². The molecule has 1 heteroatoms. The van der Waals surface area contributed by atoms with Crippen LogP contribution in [-0.4, -0.2) is 0 Å². The predicted octanol–water partition coefficient (Wildman–Crippen LogP) is 16.0. The molecule has 1 aromatic heterocycles. The summed E-state index contributed by atoms with van der Waals surface area (Å²) >= 11 is 1.91. The van der Waals surface area contributed by atoms with E-state index in [1.54, 1.807) is 0 Å². The van der Waals surface area contributed by atoms with Gasteiger partial charge in [0, 0.05) is 25.6 Å². The van der Waals surface area contributed by atoms with E-state index in [-0.39, 0.29) is 5.41 Å². The van der Waals surface area contributed by atoms with Crippen LogP contribution in [0.15, 0.2) is 182 Å². The van der Waals surface area contributed by atoms with E-state index in [1.807, 2.05) is 11.3 Å². The lowest BCUT2D eigenvalue weighted by molar-refractivity contribution is 0.666. The zero-order valence-corrected chi connectivity index (χ0v) is 32.0. The van der Waals surface area contributed by atoms with Crippen molar-refractivity contribution in [2.45, 2.75) is 19.3 Å². The van der Waals surface area contributed by atoms with E-state index in [0.717, 1.165) is 0 Å². The molecule has 56 heavy (non-hydrogen) atoms. The van der Waals surface area contributed by atoms with Crippen LogP contribution in [0, 0.1) is 0 Å². The van der Waals surface area contributed by atoms with Crippen molar-refractivity contribution < 1.29 is 0 Å². The fourth-order valence-corrected chi connectivity index (χ4v) is 11.4. The molecule has 0 atom stereocenters. The van der Waals surface area contributed by atoms with Crippen LogP contribution in [0.25, 0.3) is 108 Å². The third-order valence-electron chi connectivity index (χ3n) is 12.6. The summed E-state index contributed by atoms with van der Waals surface area (Å²) in [6.45, 7) is 4.82. The smallest absolute Gasteiger partial charge is 0.0361 e. The Balaban J connectivity index is 1.19. The number of hydrogen-bond acceptors (Lipinski definition) is 1. The van der Waals surface area contributed by atoms with Crippen LogP contribution in [-0.2, 0) is 5.41 Å². The summed E-state index contributed by atoms with van der Waals surface area (Å²) in [5.74, 6) is 0. The molecule has 11 aromatic rings. The van der Waals surface area contributed by atoms with Crippen LogP contribution >= 0.6 is 11.3 Å². The van der Waals surface area contributed by atoms with Gasteiger partial charge in [0.05, 0.1) is 0 Å². The van der Waals surface area contributed by atoms with Gasteiger partial charge >= 0.3 is 0 Å². The number of rotatable bonds is 3. The quantitative estimate of drug-likeness (QED) is 0.159. The summed E-state index contributed by atoms with van der Waals surface area (Å²) in [7, 11) is 0. The van der Waals surface area contributed by atoms with Crippen molar-refractivity contribution in [1.29, 1.82) is 0 Å². The summed E-state index contributed by atoms with van der Waals surface area (Å²) < 4.78 is 2.69. The Labute approximate surface area is 329 Å². The molecule has 10 aromatic carbocycles. The summed E-state index contributed by atoms with van der Waals surface area (Å²) in [6.07, 6.45) is 0. The molecule has 0 nitrogen and oxygen atoms in total. The Morgan fingerprint density at radius 3 is 1.59 bits per heavy atom. The fourth-order valence-electron chi connectivity index (χ4n) is 10.2. The van der Waals surface area contributed by atoms with E-state index in [4.69, 9.17) is 0 Å². The molecule has 0 spiro atoms. The van der Waals surface area contributed by atoms with Crippen LogP contribution < -0.4 is 0 Å². The van der Waals surface area contributed by atoms with Gasteiger partial charge in [0.2, 0.25) is 0 Å². The zero-order chi connectivity index (χ0) is 37.1. The maximum atomic E-state index is 2.52. The third-order valence-corrected chi connectivity index (χ3v) is 13.8. The van der Waals surface area contributed by atoms with Crippen molar-refractivity contribution >= 4 is 74.6 Å². The van der Waals surface area contributed by atoms with Crippen molar-refractivity contribution in [3.05, 3.63) is 193 Å². The second kappa shape index (κ2) is 11.7. The summed E-state index contributed by atoms with van der Waals surface area (Å²) in [6, 6.07) is 68.2. The topological polar surface area (TPSA) is 0 Å². The molecule has 1 heterocycles. The number of benzene rings is 10. The van der Waals surface area contributed by atoms with Crippen LogP contribution in [0.1, 0.15) is 25.0 Å². The lowest BCUT2D eigenvalue weighted by atomic mass is 9.78. The van der Waals surface area contributed by atoms with Crippen LogP contribution in [0.5, 0.6) is 0 Å². The molecule has 1 aliphatic rings. The van der Waals surface area contributed by atoms with Crippen molar-refractivity contribution in [3.8, 4) is 44.5 Å². The Morgan fingerprint density at radius 2 is 0.875 bits per heavy atom. The minimum absolute atomic E-state index is 0.118. The lowest BCUT2D eigenvalue weighted by Gasteiger charge is -2.24. The predicted molar refractivity (Wildman–Crippen MR) is 243 cm³/mol. The number of thiophene rings is 1. The Bertz CT molecular complexity index is 3380. The van der Waals surface area contributed by atoms with Crippen molar-refractivity contribution in [1.82, 2.24) is 0 Å². The first-order valence-corrected chi connectivity index (χ1v) is 20.4. The highest BCUT2D eigenvalue weighted by Gasteiger charge is 2.37. The maximum absolute atomic E-state index is 2.52. The second-order valence-corrected chi connectivity index (χ2v) is 17.0. The summed E-state index contributed by atoms with van der Waals surface area (Å²) in [5.41, 5.74) is 13.1. The van der Waals surface area contributed by atoms with E-state index in [1.165, 1.54) is 119 Å².